The van der Waals surface area contributed by atoms with E-state index in [2.05, 4.69) is 5.32 Å². The fraction of sp³-hybridized carbons (Fsp3) is 0.278. The topological polar surface area (TPSA) is 47.6 Å². The van der Waals surface area contributed by atoms with Gasteiger partial charge in [-0.2, -0.15) is 0 Å². The van der Waals surface area contributed by atoms with E-state index >= 15 is 0 Å². The summed E-state index contributed by atoms with van der Waals surface area (Å²) in [5, 5.41) is 3.60. The summed E-state index contributed by atoms with van der Waals surface area (Å²) in [5.74, 6) is 1.31. The summed E-state index contributed by atoms with van der Waals surface area (Å²) >= 11 is 6.12. The average molecular weight is 332 g/mol. The molecule has 2 aromatic carbocycles. The molecule has 0 aromatic heterocycles. The first-order valence-corrected chi connectivity index (χ1v) is 7.78. The van der Waals surface area contributed by atoms with E-state index < -0.39 is 5.41 Å². The zero-order valence-electron chi connectivity index (χ0n) is 13.1. The molecule has 0 unspecified atom stereocenters. The summed E-state index contributed by atoms with van der Waals surface area (Å²) in [5.41, 5.74) is 1.07. The molecule has 0 atom stereocenters. The molecule has 2 aromatic rings. The van der Waals surface area contributed by atoms with Crippen LogP contribution in [0.25, 0.3) is 0 Å². The molecule has 0 fully saturated rings. The Labute approximate surface area is 140 Å². The lowest BCUT2D eigenvalue weighted by Crippen LogP contribution is -2.39. The average Bonchev–Trinajstić information content (AvgIpc) is 3.01. The summed E-state index contributed by atoms with van der Waals surface area (Å²) in [7, 11) is 0. The van der Waals surface area contributed by atoms with Crippen LogP contribution in [0.15, 0.2) is 42.5 Å². The van der Waals surface area contributed by atoms with E-state index in [-0.39, 0.29) is 12.7 Å². The zero-order chi connectivity index (χ0) is 16.4. The molecule has 1 aliphatic rings. The van der Waals surface area contributed by atoms with Crippen molar-refractivity contribution in [1.82, 2.24) is 5.32 Å². The molecular weight excluding hydrogens is 314 g/mol. The quantitative estimate of drug-likeness (QED) is 0.930. The maximum absolute atomic E-state index is 12.6. The van der Waals surface area contributed by atoms with Crippen LogP contribution in [0.2, 0.25) is 5.02 Å². The highest BCUT2D eigenvalue weighted by atomic mass is 35.5. The van der Waals surface area contributed by atoms with E-state index in [0.29, 0.717) is 23.1 Å². The number of nitrogens with one attached hydrogen (secondary N) is 1. The molecule has 1 amide bonds. The van der Waals surface area contributed by atoms with E-state index in [1.807, 2.05) is 56.3 Å². The Balaban J connectivity index is 1.74. The normalized spacial score (nSPS) is 13.0. The van der Waals surface area contributed by atoms with Crippen LogP contribution in [0.4, 0.5) is 0 Å². The van der Waals surface area contributed by atoms with Crippen LogP contribution in [-0.2, 0) is 16.8 Å². The number of hydrogen-bond donors (Lipinski definition) is 1. The summed E-state index contributed by atoms with van der Waals surface area (Å²) in [4.78, 5) is 12.6. The monoisotopic (exact) mass is 331 g/mol. The maximum atomic E-state index is 12.6. The predicted octanol–water partition coefficient (Wildman–Crippen LogP) is 3.66. The lowest BCUT2D eigenvalue weighted by Gasteiger charge is -2.24. The van der Waals surface area contributed by atoms with E-state index in [1.54, 1.807) is 0 Å². The lowest BCUT2D eigenvalue weighted by molar-refractivity contribution is -0.125. The van der Waals surface area contributed by atoms with Crippen LogP contribution in [0.1, 0.15) is 25.0 Å². The Morgan fingerprint density at radius 3 is 2.70 bits per heavy atom. The molecule has 3 rings (SSSR count). The molecule has 1 N–H and O–H groups in total. The molecule has 0 saturated heterocycles. The highest BCUT2D eigenvalue weighted by Gasteiger charge is 2.31. The highest BCUT2D eigenvalue weighted by Crippen LogP contribution is 2.36. The largest absolute Gasteiger partial charge is 0.454 e. The molecule has 120 valence electrons. The molecular formula is C18H18ClNO3. The molecule has 23 heavy (non-hydrogen) atoms. The molecule has 0 saturated carbocycles. The fourth-order valence-electron chi connectivity index (χ4n) is 2.45. The van der Waals surface area contributed by atoms with Crippen molar-refractivity contribution in [1.29, 1.82) is 0 Å². The SMILES string of the molecule is CC(C)(C(=O)NCc1ccccc1Cl)c1ccc2c(c1)OCO2. The van der Waals surface area contributed by atoms with Gasteiger partial charge in [0.2, 0.25) is 12.7 Å². The summed E-state index contributed by atoms with van der Waals surface area (Å²) in [6.07, 6.45) is 0. The second-order valence-corrected chi connectivity index (χ2v) is 6.37. The summed E-state index contributed by atoms with van der Waals surface area (Å²) < 4.78 is 10.7. The Bertz CT molecular complexity index is 743. The standard InChI is InChI=1S/C18H18ClNO3/c1-18(2,13-7-8-15-16(9-13)23-11-22-15)17(21)20-10-12-5-3-4-6-14(12)19/h3-9H,10-11H2,1-2H3,(H,20,21). The Hall–Kier alpha value is -2.20. The number of rotatable bonds is 4. The second kappa shape index (κ2) is 6.13. The van der Waals surface area contributed by atoms with Gasteiger partial charge in [-0.15, -0.1) is 0 Å². The Kier molecular flexibility index (Phi) is 4.18. The van der Waals surface area contributed by atoms with E-state index in [4.69, 9.17) is 21.1 Å². The van der Waals surface area contributed by atoms with Crippen molar-refractivity contribution in [2.45, 2.75) is 25.8 Å². The molecule has 0 spiro atoms. The van der Waals surface area contributed by atoms with Gasteiger partial charge in [-0.1, -0.05) is 35.9 Å². The predicted molar refractivity (Wildman–Crippen MR) is 88.9 cm³/mol. The molecule has 0 radical (unpaired) electrons. The van der Waals surface area contributed by atoms with Crippen molar-refractivity contribution in [3.05, 3.63) is 58.6 Å². The first-order chi connectivity index (χ1) is 11.0. The number of carbonyl (C=O) groups is 1. The summed E-state index contributed by atoms with van der Waals surface area (Å²) in [6.45, 7) is 4.38. The van der Waals surface area contributed by atoms with Gasteiger partial charge >= 0.3 is 0 Å². The smallest absolute Gasteiger partial charge is 0.231 e. The highest BCUT2D eigenvalue weighted by molar-refractivity contribution is 6.31. The molecule has 0 bridgehead atoms. The third-order valence-electron chi connectivity index (χ3n) is 4.06. The van der Waals surface area contributed by atoms with Gasteiger partial charge in [0, 0.05) is 11.6 Å². The maximum Gasteiger partial charge on any atom is 0.231 e. The number of hydrogen-bond acceptors (Lipinski definition) is 3. The van der Waals surface area contributed by atoms with E-state index in [1.165, 1.54) is 0 Å². The van der Waals surface area contributed by atoms with Gasteiger partial charge in [-0.05, 0) is 43.2 Å². The van der Waals surface area contributed by atoms with Gasteiger partial charge in [-0.25, -0.2) is 0 Å². The fourth-order valence-corrected chi connectivity index (χ4v) is 2.66. The molecule has 4 nitrogen and oxygen atoms in total. The van der Waals surface area contributed by atoms with E-state index in [0.717, 1.165) is 11.1 Å². The van der Waals surface area contributed by atoms with Crippen LogP contribution < -0.4 is 14.8 Å². The van der Waals surface area contributed by atoms with Crippen LogP contribution in [0.3, 0.4) is 0 Å². The third-order valence-corrected chi connectivity index (χ3v) is 4.43. The van der Waals surface area contributed by atoms with E-state index in [9.17, 15) is 4.79 Å². The summed E-state index contributed by atoms with van der Waals surface area (Å²) in [6, 6.07) is 13.1. The van der Waals surface area contributed by atoms with Crippen molar-refractivity contribution in [3.63, 3.8) is 0 Å². The van der Waals surface area contributed by atoms with Gasteiger partial charge in [0.15, 0.2) is 11.5 Å². The Morgan fingerprint density at radius 1 is 1.17 bits per heavy atom. The van der Waals surface area contributed by atoms with Crippen molar-refractivity contribution in [3.8, 4) is 11.5 Å². The zero-order valence-corrected chi connectivity index (χ0v) is 13.8. The number of benzene rings is 2. The van der Waals surface area contributed by atoms with Crippen LogP contribution in [0.5, 0.6) is 11.5 Å². The van der Waals surface area contributed by atoms with Crippen LogP contribution >= 0.6 is 11.6 Å². The first-order valence-electron chi connectivity index (χ1n) is 7.40. The van der Waals surface area contributed by atoms with Gasteiger partial charge in [0.05, 0.1) is 5.41 Å². The molecule has 5 heteroatoms. The van der Waals surface area contributed by atoms with Gasteiger partial charge in [0.25, 0.3) is 0 Å². The molecule has 1 aliphatic heterocycles. The van der Waals surface area contributed by atoms with Crippen molar-refractivity contribution >= 4 is 17.5 Å². The number of fused-ring (bicyclic) bond motifs is 1. The lowest BCUT2D eigenvalue weighted by atomic mass is 9.83. The number of ether oxygens (including phenoxy) is 2. The first kappa shape index (κ1) is 15.7. The van der Waals surface area contributed by atoms with Gasteiger partial charge < -0.3 is 14.8 Å². The Morgan fingerprint density at radius 2 is 1.91 bits per heavy atom. The van der Waals surface area contributed by atoms with Crippen molar-refractivity contribution in [2.24, 2.45) is 0 Å². The van der Waals surface area contributed by atoms with Crippen molar-refractivity contribution in [2.75, 3.05) is 6.79 Å². The van der Waals surface area contributed by atoms with Gasteiger partial charge in [0.1, 0.15) is 0 Å². The second-order valence-electron chi connectivity index (χ2n) is 5.97. The number of carbonyl (C=O) groups excluding carboxylic acids is 1. The van der Waals surface area contributed by atoms with Crippen molar-refractivity contribution < 1.29 is 14.3 Å². The third kappa shape index (κ3) is 3.13. The number of amides is 1. The van der Waals surface area contributed by atoms with Gasteiger partial charge in [-0.3, -0.25) is 4.79 Å². The molecule has 1 heterocycles. The van der Waals surface area contributed by atoms with Crippen LogP contribution in [0, 0.1) is 0 Å². The minimum absolute atomic E-state index is 0.0729. The van der Waals surface area contributed by atoms with Crippen LogP contribution in [-0.4, -0.2) is 12.7 Å². The molecule has 0 aliphatic carbocycles. The minimum atomic E-state index is -0.692. The number of halogens is 1. The minimum Gasteiger partial charge on any atom is -0.454 e.